The van der Waals surface area contributed by atoms with Gasteiger partial charge in [0.25, 0.3) is 0 Å². The van der Waals surface area contributed by atoms with Gasteiger partial charge in [0.2, 0.25) is 0 Å². The quantitative estimate of drug-likeness (QED) is 0.170. The van der Waals surface area contributed by atoms with E-state index in [9.17, 15) is 0 Å². The number of thioether (sulfide) groups is 1. The molecule has 0 atom stereocenters. The van der Waals surface area contributed by atoms with Crippen LogP contribution in [0.25, 0.3) is 34.2 Å². The van der Waals surface area contributed by atoms with Gasteiger partial charge in [0.15, 0.2) is 17.5 Å². The average Bonchev–Trinajstić information content (AvgIpc) is 2.80. The highest BCUT2D eigenvalue weighted by atomic mass is 79.9. The number of unbranched alkanes of at least 4 members (excludes halogenated alkanes) is 1. The number of rotatable bonds is 7. The minimum atomic E-state index is 0.664. The smallest absolute Gasteiger partial charge is 0.164 e. The number of halogens is 2. The van der Waals surface area contributed by atoms with Crippen LogP contribution in [0.2, 0.25) is 0 Å². The monoisotopic (exact) mass is 553 g/mol. The Morgan fingerprint density at radius 1 is 0.613 bits per heavy atom. The Kier molecular flexibility index (Phi) is 7.54. The van der Waals surface area contributed by atoms with E-state index < -0.39 is 0 Å². The van der Waals surface area contributed by atoms with E-state index >= 15 is 0 Å². The van der Waals surface area contributed by atoms with E-state index in [1.807, 2.05) is 60.3 Å². The summed E-state index contributed by atoms with van der Waals surface area (Å²) >= 11 is 8.88. The zero-order valence-corrected chi connectivity index (χ0v) is 21.0. The Balaban J connectivity index is 1.74. The topological polar surface area (TPSA) is 38.7 Å². The Labute approximate surface area is 204 Å². The van der Waals surface area contributed by atoms with Crippen molar-refractivity contribution in [2.45, 2.75) is 24.7 Å². The Bertz CT molecular complexity index is 1080. The van der Waals surface area contributed by atoms with Crippen molar-refractivity contribution in [3.05, 3.63) is 81.7 Å². The first-order chi connectivity index (χ1) is 15.1. The molecule has 0 fully saturated rings. The van der Waals surface area contributed by atoms with Crippen LogP contribution in [0.15, 0.2) is 86.6 Å². The second kappa shape index (κ2) is 10.5. The van der Waals surface area contributed by atoms with Gasteiger partial charge in [-0.3, -0.25) is 0 Å². The summed E-state index contributed by atoms with van der Waals surface area (Å²) in [5, 5.41) is 0. The molecule has 0 N–H and O–H groups in total. The zero-order chi connectivity index (χ0) is 21.6. The summed E-state index contributed by atoms with van der Waals surface area (Å²) in [7, 11) is 0. The van der Waals surface area contributed by atoms with Crippen LogP contribution in [0.3, 0.4) is 0 Å². The molecule has 1 aromatic heterocycles. The second-order valence-corrected chi connectivity index (χ2v) is 10.0. The molecule has 0 aliphatic heterocycles. The van der Waals surface area contributed by atoms with Gasteiger partial charge in [-0.2, -0.15) is 0 Å². The van der Waals surface area contributed by atoms with Gasteiger partial charge in [0, 0.05) is 30.5 Å². The number of nitrogens with zero attached hydrogens (tertiary/aromatic N) is 3. The van der Waals surface area contributed by atoms with E-state index in [1.54, 1.807) is 0 Å². The van der Waals surface area contributed by atoms with Crippen LogP contribution in [0, 0.1) is 0 Å². The summed E-state index contributed by atoms with van der Waals surface area (Å²) < 4.78 is 2.05. The van der Waals surface area contributed by atoms with Crippen molar-refractivity contribution in [3.8, 4) is 34.2 Å². The lowest BCUT2D eigenvalue weighted by Crippen LogP contribution is -2.00. The van der Waals surface area contributed by atoms with Crippen molar-refractivity contribution in [2.75, 3.05) is 5.75 Å². The van der Waals surface area contributed by atoms with Crippen molar-refractivity contribution in [1.29, 1.82) is 0 Å². The Morgan fingerprint density at radius 2 is 1.00 bits per heavy atom. The van der Waals surface area contributed by atoms with E-state index in [2.05, 4.69) is 63.0 Å². The maximum absolute atomic E-state index is 4.80. The Hall–Kier alpha value is -2.02. The van der Waals surface area contributed by atoms with E-state index in [0.717, 1.165) is 31.4 Å². The highest BCUT2D eigenvalue weighted by Gasteiger charge is 2.12. The second-order valence-electron chi connectivity index (χ2n) is 7.05. The molecule has 0 amide bonds. The number of hydrogen-bond donors (Lipinski definition) is 0. The number of benzene rings is 3. The van der Waals surface area contributed by atoms with Gasteiger partial charge in [-0.15, -0.1) is 11.8 Å². The molecule has 0 saturated carbocycles. The molecule has 0 bridgehead atoms. The van der Waals surface area contributed by atoms with Gasteiger partial charge in [-0.25, -0.2) is 15.0 Å². The fourth-order valence-electron chi connectivity index (χ4n) is 3.00. The zero-order valence-electron chi connectivity index (χ0n) is 17.1. The first-order valence-corrected chi connectivity index (χ1v) is 12.7. The molecule has 1 heterocycles. The molecule has 3 aromatic carbocycles. The molecular weight excluding hydrogens is 534 g/mol. The van der Waals surface area contributed by atoms with Crippen LogP contribution >= 0.6 is 43.6 Å². The fourth-order valence-corrected chi connectivity index (χ4v) is 4.52. The van der Waals surface area contributed by atoms with Gasteiger partial charge < -0.3 is 0 Å². The summed E-state index contributed by atoms with van der Waals surface area (Å²) in [4.78, 5) is 15.6. The molecule has 0 aliphatic carbocycles. The van der Waals surface area contributed by atoms with E-state index in [-0.39, 0.29) is 0 Å². The standard InChI is InChI=1S/C25H21Br2N3S/c1-2-3-16-31-22-14-8-19(9-15-22)25-29-23(17-4-10-20(26)11-5-17)28-24(30-25)18-6-12-21(27)13-7-18/h4-15H,2-3,16H2,1H3. The van der Waals surface area contributed by atoms with Gasteiger partial charge in [0.05, 0.1) is 0 Å². The SMILES string of the molecule is CCCCSc1ccc(-c2nc(-c3ccc(Br)cc3)nc(-c3ccc(Br)cc3)n2)cc1. The van der Waals surface area contributed by atoms with Gasteiger partial charge in [0.1, 0.15) is 0 Å². The molecule has 0 saturated heterocycles. The maximum Gasteiger partial charge on any atom is 0.164 e. The minimum absolute atomic E-state index is 0.664. The third kappa shape index (κ3) is 5.82. The third-order valence-corrected chi connectivity index (χ3v) is 6.88. The molecule has 31 heavy (non-hydrogen) atoms. The van der Waals surface area contributed by atoms with Crippen LogP contribution < -0.4 is 0 Å². The van der Waals surface area contributed by atoms with Crippen molar-refractivity contribution >= 4 is 43.6 Å². The van der Waals surface area contributed by atoms with Crippen molar-refractivity contribution in [1.82, 2.24) is 15.0 Å². The summed E-state index contributed by atoms with van der Waals surface area (Å²) in [6, 6.07) is 24.6. The highest BCUT2D eigenvalue weighted by molar-refractivity contribution is 9.10. The summed E-state index contributed by atoms with van der Waals surface area (Å²) in [5.41, 5.74) is 2.90. The van der Waals surface area contributed by atoms with Crippen LogP contribution in [0.1, 0.15) is 19.8 Å². The molecule has 0 radical (unpaired) electrons. The van der Waals surface area contributed by atoms with Gasteiger partial charge >= 0.3 is 0 Å². The van der Waals surface area contributed by atoms with Crippen LogP contribution in [-0.2, 0) is 0 Å². The number of hydrogen-bond acceptors (Lipinski definition) is 4. The van der Waals surface area contributed by atoms with Crippen molar-refractivity contribution < 1.29 is 0 Å². The molecule has 3 nitrogen and oxygen atoms in total. The number of aromatic nitrogens is 3. The molecule has 0 spiro atoms. The molecule has 4 rings (SSSR count). The van der Waals surface area contributed by atoms with E-state index in [4.69, 9.17) is 15.0 Å². The van der Waals surface area contributed by atoms with E-state index in [0.29, 0.717) is 17.5 Å². The van der Waals surface area contributed by atoms with Crippen LogP contribution in [0.4, 0.5) is 0 Å². The molecular formula is C25H21Br2N3S. The summed E-state index contributed by atoms with van der Waals surface area (Å²) in [5.74, 6) is 3.15. The molecule has 0 aliphatic rings. The lowest BCUT2D eigenvalue weighted by molar-refractivity contribution is 0.896. The lowest BCUT2D eigenvalue weighted by Gasteiger charge is -2.09. The summed E-state index contributed by atoms with van der Waals surface area (Å²) in [6.07, 6.45) is 2.45. The lowest BCUT2D eigenvalue weighted by atomic mass is 10.1. The third-order valence-electron chi connectivity index (χ3n) is 4.72. The van der Waals surface area contributed by atoms with Crippen molar-refractivity contribution in [3.63, 3.8) is 0 Å². The maximum atomic E-state index is 4.80. The first kappa shape index (κ1) is 22.2. The fraction of sp³-hybridized carbons (Fsp3) is 0.160. The van der Waals surface area contributed by atoms with Crippen LogP contribution in [-0.4, -0.2) is 20.7 Å². The summed E-state index contributed by atoms with van der Waals surface area (Å²) in [6.45, 7) is 2.22. The highest BCUT2D eigenvalue weighted by Crippen LogP contribution is 2.28. The molecule has 6 heteroatoms. The van der Waals surface area contributed by atoms with Gasteiger partial charge in [-0.1, -0.05) is 81.6 Å². The predicted octanol–water partition coefficient (Wildman–Crippen LogP) is 8.29. The van der Waals surface area contributed by atoms with Crippen molar-refractivity contribution in [2.24, 2.45) is 0 Å². The van der Waals surface area contributed by atoms with Gasteiger partial charge in [-0.05, 0) is 48.6 Å². The minimum Gasteiger partial charge on any atom is -0.208 e. The van der Waals surface area contributed by atoms with Crippen LogP contribution in [0.5, 0.6) is 0 Å². The average molecular weight is 555 g/mol. The molecule has 156 valence electrons. The predicted molar refractivity (Wildman–Crippen MR) is 137 cm³/mol. The molecule has 0 unspecified atom stereocenters. The normalized spacial score (nSPS) is 10.9. The first-order valence-electron chi connectivity index (χ1n) is 10.1. The van der Waals surface area contributed by atoms with E-state index in [1.165, 1.54) is 17.7 Å². The molecule has 4 aromatic rings. The largest absolute Gasteiger partial charge is 0.208 e. The Morgan fingerprint density at radius 3 is 1.39 bits per heavy atom.